The van der Waals surface area contributed by atoms with Crippen LogP contribution in [0.3, 0.4) is 0 Å². The van der Waals surface area contributed by atoms with Crippen LogP contribution < -0.4 is 5.32 Å². The number of halogens is 1. The zero-order valence-corrected chi connectivity index (χ0v) is 9.59. The Balaban J connectivity index is 3.08. The second-order valence-electron chi connectivity index (χ2n) is 2.57. The van der Waals surface area contributed by atoms with Crippen molar-refractivity contribution in [3.05, 3.63) is 22.3 Å². The number of carbonyl (C=O) groups is 1. The van der Waals surface area contributed by atoms with Crippen LogP contribution in [0.2, 0.25) is 0 Å². The van der Waals surface area contributed by atoms with Gasteiger partial charge in [-0.1, -0.05) is 0 Å². The molecule has 14 heavy (non-hydrogen) atoms. The molecule has 1 heterocycles. The lowest BCUT2D eigenvalue weighted by Gasteiger charge is -2.07. The highest BCUT2D eigenvalue weighted by atomic mass is 79.9. The summed E-state index contributed by atoms with van der Waals surface area (Å²) >= 11 is 3.25. The van der Waals surface area contributed by atoms with Crippen LogP contribution in [0.1, 0.15) is 17.3 Å². The maximum atomic E-state index is 11.3. The summed E-state index contributed by atoms with van der Waals surface area (Å²) in [4.78, 5) is 15.4. The number of pyridine rings is 1. The van der Waals surface area contributed by atoms with Gasteiger partial charge in [-0.05, 0) is 28.9 Å². The predicted molar refractivity (Wildman–Crippen MR) is 57.4 cm³/mol. The van der Waals surface area contributed by atoms with Gasteiger partial charge in [0.2, 0.25) is 0 Å². The van der Waals surface area contributed by atoms with E-state index in [1.807, 2.05) is 6.92 Å². The van der Waals surface area contributed by atoms with Gasteiger partial charge in [-0.25, -0.2) is 9.78 Å². The average molecular weight is 259 g/mol. The summed E-state index contributed by atoms with van der Waals surface area (Å²) in [6, 6.07) is 1.68. The highest BCUT2D eigenvalue weighted by Crippen LogP contribution is 2.18. The molecule has 5 heteroatoms. The molecule has 1 rings (SSSR count). The van der Waals surface area contributed by atoms with E-state index in [0.717, 1.165) is 4.47 Å². The summed E-state index contributed by atoms with van der Waals surface area (Å²) in [5.41, 5.74) is 0.434. The van der Waals surface area contributed by atoms with Crippen LogP contribution in [0.15, 0.2) is 16.7 Å². The highest BCUT2D eigenvalue weighted by Gasteiger charge is 2.12. The fourth-order valence-electron chi connectivity index (χ4n) is 1.01. The third-order valence-corrected chi connectivity index (χ3v) is 2.04. The van der Waals surface area contributed by atoms with Crippen LogP contribution in [0.5, 0.6) is 0 Å². The minimum absolute atomic E-state index is 0.394. The van der Waals surface area contributed by atoms with Crippen LogP contribution in [-0.2, 0) is 4.74 Å². The second kappa shape index (κ2) is 4.95. The normalized spacial score (nSPS) is 9.64. The average Bonchev–Trinajstić information content (AvgIpc) is 2.20. The fourth-order valence-corrected chi connectivity index (χ4v) is 1.34. The first-order valence-electron chi connectivity index (χ1n) is 4.16. The van der Waals surface area contributed by atoms with Gasteiger partial charge in [-0.3, -0.25) is 0 Å². The molecule has 0 aliphatic rings. The van der Waals surface area contributed by atoms with Crippen LogP contribution in [0, 0.1) is 0 Å². The van der Waals surface area contributed by atoms with Gasteiger partial charge in [-0.15, -0.1) is 0 Å². The zero-order valence-electron chi connectivity index (χ0n) is 8.00. The Hall–Kier alpha value is -1.10. The minimum Gasteiger partial charge on any atom is -0.465 e. The van der Waals surface area contributed by atoms with Crippen molar-refractivity contribution in [2.24, 2.45) is 0 Å². The largest absolute Gasteiger partial charge is 0.465 e. The topological polar surface area (TPSA) is 51.2 Å². The zero-order chi connectivity index (χ0) is 10.6. The highest BCUT2D eigenvalue weighted by molar-refractivity contribution is 9.10. The maximum absolute atomic E-state index is 11.3. The Morgan fingerprint density at radius 1 is 1.71 bits per heavy atom. The van der Waals surface area contributed by atoms with Crippen LogP contribution in [-0.4, -0.2) is 24.6 Å². The van der Waals surface area contributed by atoms with Crippen molar-refractivity contribution in [2.75, 3.05) is 19.0 Å². The third kappa shape index (κ3) is 2.45. The molecule has 0 aliphatic heterocycles. The number of aromatic nitrogens is 1. The number of ether oxygens (including phenoxy) is 1. The van der Waals surface area contributed by atoms with E-state index in [-0.39, 0.29) is 0 Å². The first-order chi connectivity index (χ1) is 6.69. The Bertz CT molecular complexity index is 342. The van der Waals surface area contributed by atoms with Crippen LogP contribution in [0.4, 0.5) is 5.82 Å². The van der Waals surface area contributed by atoms with Gasteiger partial charge in [0.15, 0.2) is 0 Å². The van der Waals surface area contributed by atoms with E-state index >= 15 is 0 Å². The number of rotatable bonds is 3. The van der Waals surface area contributed by atoms with Crippen molar-refractivity contribution in [3.8, 4) is 0 Å². The van der Waals surface area contributed by atoms with E-state index in [4.69, 9.17) is 0 Å². The molecule has 0 saturated carbocycles. The molecule has 1 N–H and O–H groups in total. The van der Waals surface area contributed by atoms with E-state index in [1.165, 1.54) is 7.11 Å². The van der Waals surface area contributed by atoms with Gasteiger partial charge in [-0.2, -0.15) is 0 Å². The molecule has 0 atom stereocenters. The molecule has 0 spiro atoms. The number of hydrogen-bond acceptors (Lipinski definition) is 4. The van der Waals surface area contributed by atoms with E-state index in [9.17, 15) is 4.79 Å². The predicted octanol–water partition coefficient (Wildman–Crippen LogP) is 2.06. The smallest absolute Gasteiger partial charge is 0.341 e. The van der Waals surface area contributed by atoms with Crippen molar-refractivity contribution in [2.45, 2.75) is 6.92 Å². The number of anilines is 1. The molecule has 76 valence electrons. The molecule has 1 aromatic heterocycles. The van der Waals surface area contributed by atoms with Gasteiger partial charge < -0.3 is 10.1 Å². The van der Waals surface area contributed by atoms with Gasteiger partial charge in [0.05, 0.1) is 7.11 Å². The van der Waals surface area contributed by atoms with Crippen LogP contribution >= 0.6 is 15.9 Å². The quantitative estimate of drug-likeness (QED) is 0.844. The second-order valence-corrected chi connectivity index (χ2v) is 3.49. The first kappa shape index (κ1) is 11.0. The summed E-state index contributed by atoms with van der Waals surface area (Å²) in [5, 5.41) is 2.99. The number of nitrogens with one attached hydrogen (secondary N) is 1. The molecule has 0 aliphatic carbocycles. The van der Waals surface area contributed by atoms with Crippen molar-refractivity contribution >= 4 is 27.7 Å². The Labute approximate surface area is 90.8 Å². The lowest BCUT2D eigenvalue weighted by molar-refractivity contribution is 0.0601. The minimum atomic E-state index is -0.394. The van der Waals surface area contributed by atoms with Gasteiger partial charge in [0, 0.05) is 17.2 Å². The number of esters is 1. The third-order valence-electron chi connectivity index (χ3n) is 1.60. The molecule has 0 aromatic carbocycles. The molecule has 1 aromatic rings. The summed E-state index contributed by atoms with van der Waals surface area (Å²) < 4.78 is 5.39. The van der Waals surface area contributed by atoms with E-state index in [2.05, 4.69) is 31.0 Å². The van der Waals surface area contributed by atoms with E-state index in [0.29, 0.717) is 17.9 Å². The number of hydrogen-bond donors (Lipinski definition) is 1. The maximum Gasteiger partial charge on any atom is 0.341 e. The number of methoxy groups -OCH3 is 1. The monoisotopic (exact) mass is 258 g/mol. The van der Waals surface area contributed by atoms with Crippen LogP contribution in [0.25, 0.3) is 0 Å². The molecule has 0 unspecified atom stereocenters. The molecular formula is C9H11BrN2O2. The summed E-state index contributed by atoms with van der Waals surface area (Å²) in [7, 11) is 1.35. The molecule has 0 amide bonds. The Kier molecular flexibility index (Phi) is 3.88. The molecule has 0 fully saturated rings. The standard InChI is InChI=1S/C9H11BrN2O2/c1-3-11-8-7(9(13)14-2)4-6(10)5-12-8/h4-5H,3H2,1-2H3,(H,11,12). The molecule has 0 bridgehead atoms. The van der Waals surface area contributed by atoms with Crippen molar-refractivity contribution < 1.29 is 9.53 Å². The molecule has 0 saturated heterocycles. The molecule has 0 radical (unpaired) electrons. The molecular weight excluding hydrogens is 248 g/mol. The van der Waals surface area contributed by atoms with Gasteiger partial charge in [0.25, 0.3) is 0 Å². The summed E-state index contributed by atoms with van der Waals surface area (Å²) in [6.07, 6.45) is 1.63. The first-order valence-corrected chi connectivity index (χ1v) is 4.96. The van der Waals surface area contributed by atoms with Crippen molar-refractivity contribution in [1.82, 2.24) is 4.98 Å². The summed E-state index contributed by atoms with van der Waals surface area (Å²) in [5.74, 6) is 0.150. The SMILES string of the molecule is CCNc1ncc(Br)cc1C(=O)OC. The van der Waals surface area contributed by atoms with E-state index in [1.54, 1.807) is 12.3 Å². The lowest BCUT2D eigenvalue weighted by Crippen LogP contribution is -2.09. The fraction of sp³-hybridized carbons (Fsp3) is 0.333. The van der Waals surface area contributed by atoms with Gasteiger partial charge in [0.1, 0.15) is 11.4 Å². The van der Waals surface area contributed by atoms with Crippen molar-refractivity contribution in [1.29, 1.82) is 0 Å². The molecule has 4 nitrogen and oxygen atoms in total. The Morgan fingerprint density at radius 3 is 3.00 bits per heavy atom. The number of carbonyl (C=O) groups excluding carboxylic acids is 1. The number of nitrogens with zero attached hydrogens (tertiary/aromatic N) is 1. The van der Waals surface area contributed by atoms with Crippen molar-refractivity contribution in [3.63, 3.8) is 0 Å². The lowest BCUT2D eigenvalue weighted by atomic mass is 10.2. The van der Waals surface area contributed by atoms with E-state index < -0.39 is 5.97 Å². The Morgan fingerprint density at radius 2 is 2.43 bits per heavy atom. The van der Waals surface area contributed by atoms with Gasteiger partial charge >= 0.3 is 5.97 Å². The summed E-state index contributed by atoms with van der Waals surface area (Å²) in [6.45, 7) is 2.64.